The Kier molecular flexibility index (Phi) is 11.7. The number of piperazine rings is 1. The number of rotatable bonds is 12. The van der Waals surface area contributed by atoms with Crippen LogP contribution < -0.4 is 19.7 Å². The van der Waals surface area contributed by atoms with Gasteiger partial charge in [-0.25, -0.2) is 9.37 Å². The van der Waals surface area contributed by atoms with Crippen LogP contribution in [-0.2, 0) is 4.74 Å². The van der Waals surface area contributed by atoms with Crippen molar-refractivity contribution in [1.29, 1.82) is 0 Å². The van der Waals surface area contributed by atoms with E-state index in [0.29, 0.717) is 59.4 Å². The van der Waals surface area contributed by atoms with E-state index in [4.69, 9.17) is 21.1 Å². The Bertz CT molecular complexity index is 2430. The number of amides is 1. The number of halogens is 2. The minimum absolute atomic E-state index is 0.0362. The van der Waals surface area contributed by atoms with Crippen LogP contribution in [0.5, 0.6) is 11.5 Å². The highest BCUT2D eigenvalue weighted by Gasteiger charge is 2.41. The van der Waals surface area contributed by atoms with Gasteiger partial charge < -0.3 is 24.7 Å². The summed E-state index contributed by atoms with van der Waals surface area (Å²) in [7, 11) is 0. The zero-order chi connectivity index (χ0) is 41.2. The molecule has 0 bridgehead atoms. The van der Waals surface area contributed by atoms with E-state index in [-0.39, 0.29) is 23.0 Å². The smallest absolute Gasteiger partial charge is 0.293 e. The van der Waals surface area contributed by atoms with E-state index in [1.807, 2.05) is 18.2 Å². The number of aromatic nitrogens is 2. The molecular weight excluding hydrogens is 805 g/mol. The molecule has 2 saturated heterocycles. The molecule has 15 heteroatoms. The number of nitrogens with zero attached hydrogens (tertiary/aromatic N) is 4. The SMILES string of the molecule is O=C(NSc1ccc(NC2CCOCC2)c([N+](=O)[O-])c1)c1c(F)cc(N2CCN(CC3=C(c4ccc(Cl)cc4)CC4(CCC4)CC3)CC2)cc1Oc1cnc2[nH]ccc2c1. The summed E-state index contributed by atoms with van der Waals surface area (Å²) in [6.07, 6.45) is 12.2. The van der Waals surface area contributed by atoms with Gasteiger partial charge in [0.2, 0.25) is 0 Å². The molecule has 3 fully saturated rings. The number of hydrogen-bond donors (Lipinski definition) is 3. The van der Waals surface area contributed by atoms with Gasteiger partial charge >= 0.3 is 0 Å². The van der Waals surface area contributed by atoms with Crippen molar-refractivity contribution in [2.24, 2.45) is 5.41 Å². The summed E-state index contributed by atoms with van der Waals surface area (Å²) in [6, 6.07) is 19.8. The maximum atomic E-state index is 16.4. The zero-order valence-electron chi connectivity index (χ0n) is 33.2. The normalized spacial score (nSPS) is 18.4. The number of nitro benzene ring substituents is 1. The van der Waals surface area contributed by atoms with Crippen LogP contribution in [0.25, 0.3) is 16.6 Å². The number of nitrogens with one attached hydrogen (secondary N) is 3. The topological polar surface area (TPSA) is 138 Å². The zero-order valence-corrected chi connectivity index (χ0v) is 34.8. The number of allylic oxidation sites excluding steroid dienone is 1. The Morgan fingerprint density at radius 2 is 1.85 bits per heavy atom. The fourth-order valence-electron chi connectivity index (χ4n) is 9.04. The summed E-state index contributed by atoms with van der Waals surface area (Å²) in [6.45, 7) is 5.01. The van der Waals surface area contributed by atoms with Gasteiger partial charge in [-0.15, -0.1) is 0 Å². The van der Waals surface area contributed by atoms with Crippen LogP contribution in [0.15, 0.2) is 89.6 Å². The average molecular weight is 852 g/mol. The number of fused-ring (bicyclic) bond motifs is 1. The third kappa shape index (κ3) is 8.83. The molecule has 0 atom stereocenters. The highest BCUT2D eigenvalue weighted by molar-refractivity contribution is 7.98. The maximum Gasteiger partial charge on any atom is 0.293 e. The van der Waals surface area contributed by atoms with Crippen LogP contribution >= 0.6 is 23.5 Å². The molecule has 3 N–H and O–H groups in total. The van der Waals surface area contributed by atoms with Crippen molar-refractivity contribution in [3.05, 3.63) is 117 Å². The summed E-state index contributed by atoms with van der Waals surface area (Å²) >= 11 is 7.14. The largest absolute Gasteiger partial charge is 0.455 e. The van der Waals surface area contributed by atoms with Gasteiger partial charge in [0, 0.05) is 91.3 Å². The second-order valence-electron chi connectivity index (χ2n) is 16.4. The fourth-order valence-corrected chi connectivity index (χ4v) is 9.79. The van der Waals surface area contributed by atoms with Gasteiger partial charge in [-0.1, -0.05) is 35.7 Å². The van der Waals surface area contributed by atoms with Crippen LogP contribution in [0.2, 0.25) is 5.02 Å². The molecule has 9 rings (SSSR count). The van der Waals surface area contributed by atoms with Gasteiger partial charge in [0.25, 0.3) is 11.6 Å². The molecule has 5 aromatic rings. The van der Waals surface area contributed by atoms with Crippen LogP contribution in [0.4, 0.5) is 21.5 Å². The molecular formula is C45H47ClFN7O5S. The highest BCUT2D eigenvalue weighted by Crippen LogP contribution is 2.55. The third-order valence-corrected chi connectivity index (χ3v) is 13.6. The van der Waals surface area contributed by atoms with Crippen LogP contribution in [0.3, 0.4) is 0 Å². The molecule has 2 aromatic heterocycles. The van der Waals surface area contributed by atoms with Gasteiger partial charge in [-0.05, 0) is 116 Å². The molecule has 12 nitrogen and oxygen atoms in total. The summed E-state index contributed by atoms with van der Waals surface area (Å²) < 4.78 is 30.8. The Morgan fingerprint density at radius 3 is 2.60 bits per heavy atom. The first-order chi connectivity index (χ1) is 29.2. The van der Waals surface area contributed by atoms with Crippen molar-refractivity contribution in [3.8, 4) is 11.5 Å². The molecule has 2 aliphatic heterocycles. The quantitative estimate of drug-likeness (QED) is 0.0632. The molecule has 60 heavy (non-hydrogen) atoms. The van der Waals surface area contributed by atoms with E-state index in [0.717, 1.165) is 67.7 Å². The molecule has 1 saturated carbocycles. The number of nitro groups is 1. The number of carbonyl (C=O) groups is 1. The van der Waals surface area contributed by atoms with E-state index in [9.17, 15) is 14.9 Å². The van der Waals surface area contributed by atoms with Gasteiger partial charge in [0.05, 0.1) is 11.1 Å². The molecule has 0 unspecified atom stereocenters. The van der Waals surface area contributed by atoms with Crippen molar-refractivity contribution in [2.75, 3.05) is 56.2 Å². The summed E-state index contributed by atoms with van der Waals surface area (Å²) in [4.78, 5) is 37.9. The highest BCUT2D eigenvalue weighted by atomic mass is 35.5. The number of H-pyrrole nitrogens is 1. The Balaban J connectivity index is 0.923. The third-order valence-electron chi connectivity index (χ3n) is 12.6. The van der Waals surface area contributed by atoms with Gasteiger partial charge in [-0.3, -0.25) is 24.5 Å². The Hall–Kier alpha value is -5.15. The number of carbonyl (C=O) groups excluding carboxylic acids is 1. The first kappa shape index (κ1) is 40.3. The fraction of sp³-hybridized carbons (Fsp3) is 0.378. The first-order valence-corrected chi connectivity index (χ1v) is 21.9. The van der Waals surface area contributed by atoms with Crippen molar-refractivity contribution in [3.63, 3.8) is 0 Å². The predicted octanol–water partition coefficient (Wildman–Crippen LogP) is 10.0. The lowest BCUT2D eigenvalue weighted by molar-refractivity contribution is -0.384. The molecule has 4 heterocycles. The number of aromatic amines is 1. The van der Waals surface area contributed by atoms with E-state index in [2.05, 4.69) is 41.9 Å². The van der Waals surface area contributed by atoms with E-state index < -0.39 is 16.6 Å². The van der Waals surface area contributed by atoms with Crippen molar-refractivity contribution >= 4 is 63.1 Å². The van der Waals surface area contributed by atoms with Crippen LogP contribution in [0.1, 0.15) is 67.3 Å². The van der Waals surface area contributed by atoms with Gasteiger partial charge in [0.1, 0.15) is 34.2 Å². The van der Waals surface area contributed by atoms with Crippen molar-refractivity contribution in [2.45, 2.75) is 62.3 Å². The average Bonchev–Trinajstić information content (AvgIpc) is 3.72. The lowest BCUT2D eigenvalue weighted by Crippen LogP contribution is -2.47. The van der Waals surface area contributed by atoms with Crippen LogP contribution in [-0.4, -0.2) is 77.7 Å². The molecule has 1 spiro atoms. The predicted molar refractivity (Wildman–Crippen MR) is 234 cm³/mol. The number of anilines is 2. The lowest BCUT2D eigenvalue weighted by Gasteiger charge is -2.47. The molecule has 0 radical (unpaired) electrons. The first-order valence-electron chi connectivity index (χ1n) is 20.7. The molecule has 2 aliphatic carbocycles. The summed E-state index contributed by atoms with van der Waals surface area (Å²) in [5.41, 5.74) is 5.96. The minimum Gasteiger partial charge on any atom is -0.455 e. The molecule has 3 aromatic carbocycles. The maximum absolute atomic E-state index is 16.4. The molecule has 312 valence electrons. The number of pyridine rings is 1. The summed E-state index contributed by atoms with van der Waals surface area (Å²) in [5.74, 6) is -1.11. The van der Waals surface area contributed by atoms with Crippen molar-refractivity contribution < 1.29 is 23.6 Å². The standard InChI is InChI=1S/C45H47ClFN7O5S/c46-32-4-2-29(3-5-32)37-26-45(12-1-13-45)14-8-31(37)28-52-16-18-53(19-17-52)34-23-38(47)42(41(24-34)59-35-22-30-9-15-48-43(30)49-27-35)44(55)51-60-36-6-7-39(40(25-36)54(56)57)50-33-10-20-58-21-11-33/h2-7,9,15,22-25,27,33,50H,1,8,10-14,16-21,26,28H2,(H,48,49)(H,51,55). The lowest BCUT2D eigenvalue weighted by atomic mass is 9.59. The Morgan fingerprint density at radius 1 is 1.05 bits per heavy atom. The van der Waals surface area contributed by atoms with Gasteiger partial charge in [-0.2, -0.15) is 0 Å². The second-order valence-corrected chi connectivity index (χ2v) is 17.7. The van der Waals surface area contributed by atoms with E-state index in [1.54, 1.807) is 30.5 Å². The van der Waals surface area contributed by atoms with Crippen molar-refractivity contribution in [1.82, 2.24) is 19.6 Å². The molecule has 1 amide bonds. The second kappa shape index (κ2) is 17.4. The van der Waals surface area contributed by atoms with E-state index >= 15 is 4.39 Å². The number of ether oxygens (including phenoxy) is 2. The van der Waals surface area contributed by atoms with Gasteiger partial charge in [0.15, 0.2) is 0 Å². The van der Waals surface area contributed by atoms with E-state index in [1.165, 1.54) is 60.7 Å². The summed E-state index contributed by atoms with van der Waals surface area (Å²) in [5, 5.41) is 16.8. The van der Waals surface area contributed by atoms with Crippen LogP contribution in [0, 0.1) is 21.3 Å². The Labute approximate surface area is 357 Å². The number of benzene rings is 3. The molecule has 4 aliphatic rings. The minimum atomic E-state index is -0.745. The monoisotopic (exact) mass is 851 g/mol. The number of hydrogen-bond acceptors (Lipinski definition) is 10.